The molecule has 4 nitrogen and oxygen atoms in total. The highest BCUT2D eigenvalue weighted by molar-refractivity contribution is 5.14. The van der Waals surface area contributed by atoms with Crippen LogP contribution in [0.15, 0.2) is 0 Å². The molecule has 0 saturated heterocycles. The summed E-state index contributed by atoms with van der Waals surface area (Å²) in [6, 6.07) is 0.546. The van der Waals surface area contributed by atoms with Crippen molar-refractivity contribution in [3.05, 3.63) is 11.4 Å². The highest BCUT2D eigenvalue weighted by atomic mass is 15.4. The number of hydrogen-bond donors (Lipinski definition) is 1. The molecule has 0 spiro atoms. The minimum atomic E-state index is 0.546. The maximum atomic E-state index is 4.31. The molecule has 1 aliphatic heterocycles. The number of rotatable bonds is 4. The molecule has 84 valence electrons. The molecule has 0 fully saturated rings. The van der Waals surface area contributed by atoms with Crippen molar-refractivity contribution in [1.82, 2.24) is 20.3 Å². The van der Waals surface area contributed by atoms with Gasteiger partial charge in [-0.25, -0.2) is 4.68 Å². The van der Waals surface area contributed by atoms with Crippen LogP contribution in [0.25, 0.3) is 0 Å². The summed E-state index contributed by atoms with van der Waals surface area (Å²) in [6.07, 6.45) is 4.64. The summed E-state index contributed by atoms with van der Waals surface area (Å²) in [6.45, 7) is 6.41. The highest BCUT2D eigenvalue weighted by Crippen LogP contribution is 2.21. The van der Waals surface area contributed by atoms with Crippen molar-refractivity contribution >= 4 is 0 Å². The van der Waals surface area contributed by atoms with E-state index in [9.17, 15) is 0 Å². The Hall–Kier alpha value is -0.900. The maximum Gasteiger partial charge on any atom is 0.0997 e. The first-order valence-electron chi connectivity index (χ1n) is 6.00. The van der Waals surface area contributed by atoms with Crippen LogP contribution in [-0.2, 0) is 13.0 Å². The van der Waals surface area contributed by atoms with Crippen molar-refractivity contribution in [3.63, 3.8) is 0 Å². The van der Waals surface area contributed by atoms with Gasteiger partial charge < -0.3 is 5.32 Å². The van der Waals surface area contributed by atoms with Crippen LogP contribution in [0.5, 0.6) is 0 Å². The van der Waals surface area contributed by atoms with E-state index in [4.69, 9.17) is 0 Å². The minimum absolute atomic E-state index is 0.546. The molecule has 1 atom stereocenters. The lowest BCUT2D eigenvalue weighted by Gasteiger charge is -2.19. The van der Waals surface area contributed by atoms with E-state index >= 15 is 0 Å². The second-order valence-electron chi connectivity index (χ2n) is 4.20. The van der Waals surface area contributed by atoms with E-state index in [0.29, 0.717) is 6.04 Å². The second-order valence-corrected chi connectivity index (χ2v) is 4.20. The molecule has 0 amide bonds. The Kier molecular flexibility index (Phi) is 3.36. The lowest BCUT2D eigenvalue weighted by atomic mass is 10.1. The Morgan fingerprint density at radius 1 is 1.47 bits per heavy atom. The van der Waals surface area contributed by atoms with Gasteiger partial charge in [-0.1, -0.05) is 25.5 Å². The molecular formula is C11H20N4. The predicted molar refractivity (Wildman–Crippen MR) is 59.7 cm³/mol. The Bertz CT molecular complexity index is 318. The van der Waals surface area contributed by atoms with Crippen LogP contribution >= 0.6 is 0 Å². The van der Waals surface area contributed by atoms with Crippen LogP contribution in [-0.4, -0.2) is 21.5 Å². The van der Waals surface area contributed by atoms with Gasteiger partial charge in [0, 0.05) is 19.5 Å². The standard InChI is InChI=1S/C11H20N4/c1-3-5-9(4-2)15-11-6-7-12-8-10(11)13-14-15/h9,12H,3-8H2,1-2H3. The van der Waals surface area contributed by atoms with Gasteiger partial charge in [0.05, 0.1) is 17.4 Å². The summed E-state index contributed by atoms with van der Waals surface area (Å²) < 4.78 is 2.17. The Morgan fingerprint density at radius 2 is 2.33 bits per heavy atom. The monoisotopic (exact) mass is 208 g/mol. The third-order valence-corrected chi connectivity index (χ3v) is 3.14. The molecule has 1 aromatic rings. The Morgan fingerprint density at radius 3 is 3.07 bits per heavy atom. The zero-order valence-electron chi connectivity index (χ0n) is 9.66. The zero-order chi connectivity index (χ0) is 10.7. The fraction of sp³-hybridized carbons (Fsp3) is 0.818. The molecule has 1 N–H and O–H groups in total. The topological polar surface area (TPSA) is 42.7 Å². The SMILES string of the molecule is CCCC(CC)n1nnc2c1CCNC2. The lowest BCUT2D eigenvalue weighted by molar-refractivity contribution is 0.386. The first-order chi connectivity index (χ1) is 7.36. The quantitative estimate of drug-likeness (QED) is 0.818. The van der Waals surface area contributed by atoms with Crippen molar-refractivity contribution in [1.29, 1.82) is 0 Å². The predicted octanol–water partition coefficient (Wildman–Crippen LogP) is 1.68. The van der Waals surface area contributed by atoms with Gasteiger partial charge in [-0.05, 0) is 12.8 Å². The normalized spacial score (nSPS) is 17.5. The molecule has 2 heterocycles. The zero-order valence-corrected chi connectivity index (χ0v) is 9.66. The lowest BCUT2D eigenvalue weighted by Crippen LogP contribution is -2.26. The van der Waals surface area contributed by atoms with Gasteiger partial charge in [-0.2, -0.15) is 0 Å². The van der Waals surface area contributed by atoms with Crippen molar-refractivity contribution in [2.45, 2.75) is 52.1 Å². The first kappa shape index (κ1) is 10.6. The van der Waals surface area contributed by atoms with Crippen molar-refractivity contribution in [3.8, 4) is 0 Å². The number of fused-ring (bicyclic) bond motifs is 1. The molecule has 1 unspecified atom stereocenters. The van der Waals surface area contributed by atoms with Gasteiger partial charge in [-0.3, -0.25) is 0 Å². The fourth-order valence-electron chi connectivity index (χ4n) is 2.28. The van der Waals surface area contributed by atoms with Crippen LogP contribution in [0, 0.1) is 0 Å². The number of aromatic nitrogens is 3. The maximum absolute atomic E-state index is 4.31. The molecule has 1 aromatic heterocycles. The van der Waals surface area contributed by atoms with Crippen LogP contribution in [0.2, 0.25) is 0 Å². The van der Waals surface area contributed by atoms with Gasteiger partial charge in [0.15, 0.2) is 0 Å². The molecule has 0 radical (unpaired) electrons. The molecule has 4 heteroatoms. The summed E-state index contributed by atoms with van der Waals surface area (Å²) in [4.78, 5) is 0. The third kappa shape index (κ3) is 2.04. The fourth-order valence-corrected chi connectivity index (χ4v) is 2.28. The summed E-state index contributed by atoms with van der Waals surface area (Å²) in [5, 5.41) is 11.9. The second kappa shape index (κ2) is 4.75. The minimum Gasteiger partial charge on any atom is -0.311 e. The van der Waals surface area contributed by atoms with E-state index in [1.165, 1.54) is 18.5 Å². The summed E-state index contributed by atoms with van der Waals surface area (Å²) >= 11 is 0. The van der Waals surface area contributed by atoms with E-state index in [2.05, 4.69) is 34.2 Å². The van der Waals surface area contributed by atoms with Gasteiger partial charge in [0.1, 0.15) is 0 Å². The Labute approximate surface area is 91.1 Å². The van der Waals surface area contributed by atoms with E-state index in [0.717, 1.165) is 31.6 Å². The molecule has 1 aliphatic rings. The molecule has 0 bridgehead atoms. The van der Waals surface area contributed by atoms with Crippen LogP contribution in [0.4, 0.5) is 0 Å². The molecule has 0 aromatic carbocycles. The van der Waals surface area contributed by atoms with Gasteiger partial charge in [0.25, 0.3) is 0 Å². The highest BCUT2D eigenvalue weighted by Gasteiger charge is 2.20. The van der Waals surface area contributed by atoms with E-state index in [1.807, 2.05) is 0 Å². The average molecular weight is 208 g/mol. The van der Waals surface area contributed by atoms with Gasteiger partial charge >= 0.3 is 0 Å². The van der Waals surface area contributed by atoms with Crippen molar-refractivity contribution in [2.24, 2.45) is 0 Å². The van der Waals surface area contributed by atoms with Crippen molar-refractivity contribution < 1.29 is 0 Å². The third-order valence-electron chi connectivity index (χ3n) is 3.14. The Balaban J connectivity index is 2.22. The summed E-state index contributed by atoms with van der Waals surface area (Å²) in [5.74, 6) is 0. The van der Waals surface area contributed by atoms with Crippen molar-refractivity contribution in [2.75, 3.05) is 6.54 Å². The molecule has 15 heavy (non-hydrogen) atoms. The van der Waals surface area contributed by atoms with E-state index in [1.54, 1.807) is 0 Å². The van der Waals surface area contributed by atoms with E-state index < -0.39 is 0 Å². The van der Waals surface area contributed by atoms with E-state index in [-0.39, 0.29) is 0 Å². The van der Waals surface area contributed by atoms with Crippen LogP contribution < -0.4 is 5.32 Å². The van der Waals surface area contributed by atoms with Gasteiger partial charge in [-0.15, -0.1) is 5.10 Å². The molecule has 0 aliphatic carbocycles. The number of hydrogen-bond acceptors (Lipinski definition) is 3. The summed E-state index contributed by atoms with van der Waals surface area (Å²) in [7, 11) is 0. The van der Waals surface area contributed by atoms with Gasteiger partial charge in [0.2, 0.25) is 0 Å². The molecule has 0 saturated carbocycles. The average Bonchev–Trinajstić information content (AvgIpc) is 2.70. The van der Waals surface area contributed by atoms with Crippen LogP contribution in [0.3, 0.4) is 0 Å². The molecule has 2 rings (SSSR count). The summed E-state index contributed by atoms with van der Waals surface area (Å²) in [5.41, 5.74) is 2.50. The smallest absolute Gasteiger partial charge is 0.0997 e. The first-order valence-corrected chi connectivity index (χ1v) is 6.00. The largest absolute Gasteiger partial charge is 0.311 e. The molecular weight excluding hydrogens is 188 g/mol. The number of nitrogens with one attached hydrogen (secondary N) is 1. The number of nitrogens with zero attached hydrogens (tertiary/aromatic N) is 3. The van der Waals surface area contributed by atoms with Crippen LogP contribution in [0.1, 0.15) is 50.5 Å².